The lowest BCUT2D eigenvalue weighted by Gasteiger charge is -2.13. The van der Waals surface area contributed by atoms with E-state index >= 15 is 0 Å². The molecule has 0 saturated heterocycles. The summed E-state index contributed by atoms with van der Waals surface area (Å²) < 4.78 is 62.5. The van der Waals surface area contributed by atoms with Crippen molar-refractivity contribution < 1.29 is 25.2 Å². The van der Waals surface area contributed by atoms with Gasteiger partial charge in [-0.15, -0.1) is 0 Å². The third-order valence-electron chi connectivity index (χ3n) is 6.27. The van der Waals surface area contributed by atoms with Crippen LogP contribution in [0.2, 0.25) is 0 Å². The Kier molecular flexibility index (Phi) is 9.15. The molecule has 8 heteroatoms. The SMILES string of the molecule is CC=Cc1cc(Cc2ccc(OS(=O)(=O)c3ccc(C)cc3)c(C=CC)c2)ccc1OS(=O)(=O)c1ccc(C)cc1. The molecule has 0 fully saturated rings. The van der Waals surface area contributed by atoms with Crippen LogP contribution in [0.4, 0.5) is 0 Å². The monoisotopic (exact) mass is 588 g/mol. The summed E-state index contributed by atoms with van der Waals surface area (Å²) in [5, 5.41) is 0. The van der Waals surface area contributed by atoms with Gasteiger partial charge in [0.15, 0.2) is 0 Å². The van der Waals surface area contributed by atoms with Crippen molar-refractivity contribution in [1.29, 1.82) is 0 Å². The van der Waals surface area contributed by atoms with Gasteiger partial charge < -0.3 is 8.37 Å². The zero-order valence-corrected chi connectivity index (χ0v) is 25.0. The molecule has 0 spiro atoms. The van der Waals surface area contributed by atoms with Crippen LogP contribution in [0.1, 0.15) is 47.2 Å². The lowest BCUT2D eigenvalue weighted by molar-refractivity contribution is 0.483. The first kappa shape index (κ1) is 29.8. The smallest absolute Gasteiger partial charge is 0.339 e. The first-order valence-electron chi connectivity index (χ1n) is 13.0. The predicted molar refractivity (Wildman–Crippen MR) is 163 cm³/mol. The second kappa shape index (κ2) is 12.6. The molecule has 0 bridgehead atoms. The molecule has 4 aromatic rings. The molecule has 4 aromatic carbocycles. The van der Waals surface area contributed by atoms with E-state index < -0.39 is 20.2 Å². The summed E-state index contributed by atoms with van der Waals surface area (Å²) in [4.78, 5) is 0.170. The number of benzene rings is 4. The molecule has 0 saturated carbocycles. The first-order valence-corrected chi connectivity index (χ1v) is 15.9. The van der Waals surface area contributed by atoms with Crippen molar-refractivity contribution in [1.82, 2.24) is 0 Å². The maximum Gasteiger partial charge on any atom is 0.339 e. The highest BCUT2D eigenvalue weighted by atomic mass is 32.2. The zero-order chi connectivity index (χ0) is 29.6. The average Bonchev–Trinajstić information content (AvgIpc) is 2.92. The van der Waals surface area contributed by atoms with E-state index in [-0.39, 0.29) is 21.3 Å². The molecular weight excluding hydrogens is 556 g/mol. The van der Waals surface area contributed by atoms with Crippen LogP contribution in [-0.4, -0.2) is 16.8 Å². The van der Waals surface area contributed by atoms with E-state index in [1.165, 1.54) is 24.3 Å². The molecule has 4 rings (SSSR count). The molecule has 0 unspecified atom stereocenters. The van der Waals surface area contributed by atoms with Crippen molar-refractivity contribution in [2.75, 3.05) is 0 Å². The molecule has 0 atom stereocenters. The molecule has 0 radical (unpaired) electrons. The number of hydrogen-bond acceptors (Lipinski definition) is 6. The van der Waals surface area contributed by atoms with Crippen LogP contribution < -0.4 is 8.37 Å². The van der Waals surface area contributed by atoms with Crippen molar-refractivity contribution in [2.45, 2.75) is 43.9 Å². The molecule has 41 heavy (non-hydrogen) atoms. The van der Waals surface area contributed by atoms with Crippen LogP contribution in [0, 0.1) is 13.8 Å². The normalized spacial score (nSPS) is 12.2. The second-order valence-electron chi connectivity index (χ2n) is 9.62. The fraction of sp³-hybridized carbons (Fsp3) is 0.152. The fourth-order valence-electron chi connectivity index (χ4n) is 4.17. The van der Waals surface area contributed by atoms with E-state index in [1.54, 1.807) is 48.6 Å². The lowest BCUT2D eigenvalue weighted by Crippen LogP contribution is -2.11. The van der Waals surface area contributed by atoms with E-state index in [4.69, 9.17) is 8.37 Å². The van der Waals surface area contributed by atoms with Gasteiger partial charge in [-0.05, 0) is 93.8 Å². The fourth-order valence-corrected chi connectivity index (χ4v) is 6.07. The second-order valence-corrected chi connectivity index (χ2v) is 12.7. The summed E-state index contributed by atoms with van der Waals surface area (Å²) in [5.74, 6) is 0.458. The summed E-state index contributed by atoms with van der Waals surface area (Å²) >= 11 is 0. The Morgan fingerprint density at radius 1 is 0.561 bits per heavy atom. The van der Waals surface area contributed by atoms with Gasteiger partial charge in [0.2, 0.25) is 0 Å². The molecule has 0 amide bonds. The van der Waals surface area contributed by atoms with Crippen molar-refractivity contribution in [3.63, 3.8) is 0 Å². The third-order valence-corrected chi connectivity index (χ3v) is 8.76. The average molecular weight is 589 g/mol. The topological polar surface area (TPSA) is 86.7 Å². The van der Waals surface area contributed by atoms with Gasteiger partial charge in [0.1, 0.15) is 21.3 Å². The van der Waals surface area contributed by atoms with Crippen molar-refractivity contribution in [3.05, 3.63) is 130 Å². The highest BCUT2D eigenvalue weighted by Gasteiger charge is 2.20. The summed E-state index contributed by atoms with van der Waals surface area (Å²) in [7, 11) is -8.00. The minimum atomic E-state index is -4.00. The zero-order valence-electron chi connectivity index (χ0n) is 23.4. The third kappa shape index (κ3) is 7.54. The van der Waals surface area contributed by atoms with Crippen LogP contribution in [0.5, 0.6) is 11.5 Å². The van der Waals surface area contributed by atoms with E-state index in [0.29, 0.717) is 17.5 Å². The molecule has 0 aromatic heterocycles. The molecule has 0 N–H and O–H groups in total. The molecule has 0 aliphatic heterocycles. The number of allylic oxidation sites excluding steroid dienone is 2. The highest BCUT2D eigenvalue weighted by molar-refractivity contribution is 7.87. The number of rotatable bonds is 10. The van der Waals surface area contributed by atoms with Crippen LogP contribution in [-0.2, 0) is 26.7 Å². The van der Waals surface area contributed by atoms with Crippen molar-refractivity contribution >= 4 is 32.4 Å². The standard InChI is InChI=1S/C33H32O6S2/c1-5-7-28-22-26(13-19-32(28)38-40(34,35)30-15-9-24(3)10-16-30)21-27-14-20-33(29(23-27)8-6-2)39-41(36,37)31-17-11-25(4)12-18-31/h5-20,22-23H,21H2,1-4H3. The van der Waals surface area contributed by atoms with Gasteiger partial charge in [-0.25, -0.2) is 0 Å². The molecular formula is C33H32O6S2. The minimum absolute atomic E-state index is 0.0850. The summed E-state index contributed by atoms with van der Waals surface area (Å²) in [6.45, 7) is 7.46. The van der Waals surface area contributed by atoms with E-state index in [0.717, 1.165) is 22.3 Å². The van der Waals surface area contributed by atoms with Crippen molar-refractivity contribution in [2.24, 2.45) is 0 Å². The minimum Gasteiger partial charge on any atom is -0.378 e. The van der Waals surface area contributed by atoms with Gasteiger partial charge in [0.25, 0.3) is 0 Å². The molecule has 212 valence electrons. The molecule has 6 nitrogen and oxygen atoms in total. The summed E-state index contributed by atoms with van der Waals surface area (Å²) in [6.07, 6.45) is 7.73. The predicted octanol–water partition coefficient (Wildman–Crippen LogP) is 7.50. The Hall–Kier alpha value is -4.14. The Balaban J connectivity index is 1.59. The number of aryl methyl sites for hydroxylation is 2. The highest BCUT2D eigenvalue weighted by Crippen LogP contribution is 2.29. The van der Waals surface area contributed by atoms with Gasteiger partial charge >= 0.3 is 20.2 Å². The van der Waals surface area contributed by atoms with Gasteiger partial charge in [0, 0.05) is 11.1 Å². The van der Waals surface area contributed by atoms with Gasteiger partial charge in [-0.3, -0.25) is 0 Å². The van der Waals surface area contributed by atoms with Crippen molar-refractivity contribution in [3.8, 4) is 11.5 Å². The molecule has 0 heterocycles. The molecule has 0 aliphatic carbocycles. The molecule has 0 aliphatic rings. The van der Waals surface area contributed by atoms with Crippen LogP contribution >= 0.6 is 0 Å². The van der Waals surface area contributed by atoms with Crippen LogP contribution in [0.25, 0.3) is 12.2 Å². The Morgan fingerprint density at radius 3 is 1.27 bits per heavy atom. The summed E-state index contributed by atoms with van der Waals surface area (Å²) in [5.41, 5.74) is 4.99. The van der Waals surface area contributed by atoms with Gasteiger partial charge in [-0.2, -0.15) is 16.8 Å². The van der Waals surface area contributed by atoms with Gasteiger partial charge in [-0.1, -0.05) is 71.8 Å². The Bertz CT molecular complexity index is 1670. The van der Waals surface area contributed by atoms with E-state index in [9.17, 15) is 16.8 Å². The first-order chi connectivity index (χ1) is 19.5. The lowest BCUT2D eigenvalue weighted by atomic mass is 10.00. The van der Waals surface area contributed by atoms with Crippen LogP contribution in [0.3, 0.4) is 0 Å². The van der Waals surface area contributed by atoms with E-state index in [1.807, 2.05) is 64.1 Å². The quantitative estimate of drug-likeness (QED) is 0.178. The maximum absolute atomic E-state index is 12.9. The van der Waals surface area contributed by atoms with Crippen LogP contribution in [0.15, 0.2) is 107 Å². The Morgan fingerprint density at radius 2 is 0.927 bits per heavy atom. The van der Waals surface area contributed by atoms with Gasteiger partial charge in [0.05, 0.1) is 0 Å². The van der Waals surface area contributed by atoms with E-state index in [2.05, 4.69) is 0 Å². The summed E-state index contributed by atoms with van der Waals surface area (Å²) in [6, 6.07) is 23.7. The maximum atomic E-state index is 12.9. The Labute approximate surface area is 242 Å². The number of hydrogen-bond donors (Lipinski definition) is 0. The largest absolute Gasteiger partial charge is 0.378 e.